The van der Waals surface area contributed by atoms with E-state index >= 15 is 0 Å². The lowest BCUT2D eigenvalue weighted by atomic mass is 10.0. The molecule has 1 fully saturated rings. The van der Waals surface area contributed by atoms with Crippen LogP contribution in [0.1, 0.15) is 20.3 Å². The van der Waals surface area contributed by atoms with Gasteiger partial charge in [0.05, 0.1) is 12.1 Å². The fraction of sp³-hybridized carbons (Fsp3) is 0.833. The second-order valence-corrected chi connectivity index (χ2v) is 4.85. The van der Waals surface area contributed by atoms with Gasteiger partial charge < -0.3 is 5.11 Å². The summed E-state index contributed by atoms with van der Waals surface area (Å²) in [6.07, 6.45) is -1.15. The van der Waals surface area contributed by atoms with Gasteiger partial charge in [-0.25, -0.2) is 4.79 Å². The van der Waals surface area contributed by atoms with E-state index in [1.807, 2.05) is 0 Å². The molecule has 0 aromatic carbocycles. The van der Waals surface area contributed by atoms with Gasteiger partial charge in [-0.1, -0.05) is 0 Å². The Morgan fingerprint density at radius 3 is 2.38 bits per heavy atom. The molecule has 0 radical (unpaired) electrons. The van der Waals surface area contributed by atoms with E-state index < -0.39 is 21.9 Å². The number of amides is 1. The first-order valence-corrected chi connectivity index (χ1v) is 5.06. The summed E-state index contributed by atoms with van der Waals surface area (Å²) in [6, 6.07) is 0. The smallest absolute Gasteiger partial charge is 0.423 e. The molecular weight excluding hydrogens is 198 g/mol. The molecule has 0 saturated carbocycles. The van der Waals surface area contributed by atoms with Crippen molar-refractivity contribution in [3.05, 3.63) is 0 Å². The van der Waals surface area contributed by atoms with Crippen LogP contribution in [0, 0.1) is 0 Å². The monoisotopic (exact) mass is 209 g/mol. The van der Waals surface area contributed by atoms with Gasteiger partial charge in [0, 0.05) is 0 Å². The first-order valence-electron chi connectivity index (χ1n) is 3.70. The van der Waals surface area contributed by atoms with Crippen LogP contribution in [-0.4, -0.2) is 36.1 Å². The Bertz CT molecular complexity index is 320. The summed E-state index contributed by atoms with van der Waals surface area (Å²) in [5, 5.41) is 8.68. The number of carbonyl (C=O) groups is 1. The molecule has 1 amide bonds. The van der Waals surface area contributed by atoms with Gasteiger partial charge in [-0.15, -0.1) is 0 Å². The van der Waals surface area contributed by atoms with Gasteiger partial charge in [0.15, 0.2) is 0 Å². The minimum Gasteiger partial charge on any atom is -0.464 e. The van der Waals surface area contributed by atoms with Gasteiger partial charge in [-0.3, -0.25) is 4.18 Å². The van der Waals surface area contributed by atoms with Gasteiger partial charge in [-0.2, -0.15) is 12.7 Å². The topological polar surface area (TPSA) is 83.9 Å². The molecule has 1 heterocycles. The average molecular weight is 209 g/mol. The van der Waals surface area contributed by atoms with E-state index in [-0.39, 0.29) is 6.61 Å². The van der Waals surface area contributed by atoms with E-state index in [9.17, 15) is 13.2 Å². The first kappa shape index (κ1) is 10.3. The standard InChI is InChI=1S/C6H11NO5S/c1-6(2)3-4-12-13(10,11)7(6)5(8)9/h3-4H2,1-2H3,(H,8,9). The van der Waals surface area contributed by atoms with E-state index in [1.54, 1.807) is 13.8 Å². The van der Waals surface area contributed by atoms with Crippen molar-refractivity contribution >= 4 is 16.4 Å². The highest BCUT2D eigenvalue weighted by Gasteiger charge is 2.44. The van der Waals surface area contributed by atoms with Crippen LogP contribution in [0.3, 0.4) is 0 Å². The Labute approximate surface area is 76.4 Å². The Balaban J connectivity index is 3.13. The number of rotatable bonds is 0. The Hall–Kier alpha value is -0.820. The maximum atomic E-state index is 11.2. The maximum Gasteiger partial charge on any atom is 0.423 e. The molecule has 1 aliphatic heterocycles. The molecule has 1 N–H and O–H groups in total. The van der Waals surface area contributed by atoms with Crippen LogP contribution in [0.15, 0.2) is 0 Å². The summed E-state index contributed by atoms with van der Waals surface area (Å²) in [4.78, 5) is 10.7. The Kier molecular flexibility index (Phi) is 2.25. The predicted octanol–water partition coefficient (Wildman–Crippen LogP) is 0.410. The molecule has 7 heteroatoms. The molecule has 0 spiro atoms. The lowest BCUT2D eigenvalue weighted by Crippen LogP contribution is -2.54. The molecule has 76 valence electrons. The SMILES string of the molecule is CC1(C)CCOS(=O)(=O)N1C(=O)O. The molecule has 0 atom stereocenters. The van der Waals surface area contributed by atoms with E-state index in [4.69, 9.17) is 5.11 Å². The van der Waals surface area contributed by atoms with Crippen LogP contribution < -0.4 is 0 Å². The molecule has 13 heavy (non-hydrogen) atoms. The third-order valence-corrected chi connectivity index (χ3v) is 3.46. The fourth-order valence-electron chi connectivity index (χ4n) is 1.21. The van der Waals surface area contributed by atoms with Crippen molar-refractivity contribution in [3.8, 4) is 0 Å². The third-order valence-electron chi connectivity index (χ3n) is 1.89. The zero-order valence-corrected chi connectivity index (χ0v) is 8.17. The normalized spacial score (nSPS) is 25.5. The molecule has 1 rings (SSSR count). The van der Waals surface area contributed by atoms with Crippen LogP contribution in [0.2, 0.25) is 0 Å². The zero-order chi connectivity index (χ0) is 10.3. The van der Waals surface area contributed by atoms with Crippen LogP contribution in [0.4, 0.5) is 4.79 Å². The third kappa shape index (κ3) is 1.75. The van der Waals surface area contributed by atoms with Crippen molar-refractivity contribution in [1.82, 2.24) is 4.31 Å². The predicted molar refractivity (Wildman–Crippen MR) is 43.4 cm³/mol. The fourth-order valence-corrected chi connectivity index (χ4v) is 2.50. The molecule has 6 nitrogen and oxygen atoms in total. The maximum absolute atomic E-state index is 11.2. The number of hydrogen-bond acceptors (Lipinski definition) is 4. The first-order chi connectivity index (χ1) is 5.77. The zero-order valence-electron chi connectivity index (χ0n) is 7.35. The van der Waals surface area contributed by atoms with Gasteiger partial charge in [0.25, 0.3) is 0 Å². The molecule has 0 bridgehead atoms. The highest BCUT2D eigenvalue weighted by atomic mass is 32.2. The average Bonchev–Trinajstić information content (AvgIpc) is 1.79. The summed E-state index contributed by atoms with van der Waals surface area (Å²) >= 11 is 0. The minimum absolute atomic E-state index is 0.0269. The molecule has 1 aliphatic rings. The Morgan fingerprint density at radius 1 is 1.54 bits per heavy atom. The molecule has 0 aliphatic carbocycles. The van der Waals surface area contributed by atoms with Crippen LogP contribution in [0.5, 0.6) is 0 Å². The van der Waals surface area contributed by atoms with Crippen LogP contribution >= 0.6 is 0 Å². The summed E-state index contributed by atoms with van der Waals surface area (Å²) < 4.78 is 27.1. The Morgan fingerprint density at radius 2 is 2.08 bits per heavy atom. The largest absolute Gasteiger partial charge is 0.464 e. The van der Waals surface area contributed by atoms with Gasteiger partial charge in [0.1, 0.15) is 0 Å². The van der Waals surface area contributed by atoms with Crippen molar-refractivity contribution in [3.63, 3.8) is 0 Å². The van der Waals surface area contributed by atoms with Crippen molar-refractivity contribution in [1.29, 1.82) is 0 Å². The van der Waals surface area contributed by atoms with Crippen LogP contribution in [0.25, 0.3) is 0 Å². The highest BCUT2D eigenvalue weighted by molar-refractivity contribution is 7.85. The number of nitrogens with zero attached hydrogens (tertiary/aromatic N) is 1. The summed E-state index contributed by atoms with van der Waals surface area (Å²) in [7, 11) is -4.10. The second kappa shape index (κ2) is 2.85. The van der Waals surface area contributed by atoms with E-state index in [0.717, 1.165) is 0 Å². The summed E-state index contributed by atoms with van der Waals surface area (Å²) in [6.45, 7) is 3.11. The van der Waals surface area contributed by atoms with E-state index in [2.05, 4.69) is 4.18 Å². The van der Waals surface area contributed by atoms with Gasteiger partial charge in [0.2, 0.25) is 0 Å². The molecule has 1 saturated heterocycles. The molecule has 0 aromatic rings. The van der Waals surface area contributed by atoms with Crippen molar-refractivity contribution in [2.24, 2.45) is 0 Å². The number of hydrogen-bond donors (Lipinski definition) is 1. The van der Waals surface area contributed by atoms with E-state index in [0.29, 0.717) is 10.7 Å². The molecular formula is C6H11NO5S. The second-order valence-electron chi connectivity index (χ2n) is 3.39. The van der Waals surface area contributed by atoms with Gasteiger partial charge >= 0.3 is 16.4 Å². The molecule has 0 aromatic heterocycles. The summed E-state index contributed by atoms with van der Waals surface area (Å²) in [5.41, 5.74) is -0.928. The quantitative estimate of drug-likeness (QED) is 0.624. The molecule has 0 unspecified atom stereocenters. The van der Waals surface area contributed by atoms with E-state index in [1.165, 1.54) is 0 Å². The van der Waals surface area contributed by atoms with Crippen molar-refractivity contribution in [2.45, 2.75) is 25.8 Å². The summed E-state index contributed by atoms with van der Waals surface area (Å²) in [5.74, 6) is 0. The van der Waals surface area contributed by atoms with Crippen molar-refractivity contribution in [2.75, 3.05) is 6.61 Å². The minimum atomic E-state index is -4.10. The lowest BCUT2D eigenvalue weighted by molar-refractivity contribution is 0.0950. The van der Waals surface area contributed by atoms with Gasteiger partial charge in [-0.05, 0) is 20.3 Å². The highest BCUT2D eigenvalue weighted by Crippen LogP contribution is 2.28. The van der Waals surface area contributed by atoms with Crippen molar-refractivity contribution < 1.29 is 22.5 Å². The lowest BCUT2D eigenvalue weighted by Gasteiger charge is -2.38. The van der Waals surface area contributed by atoms with Crippen LogP contribution in [-0.2, 0) is 14.5 Å². The number of carboxylic acid groups (broad SMARTS) is 1.